The molecule has 0 atom stereocenters. The standard InChI is InChI=1S/C24H21ClN2O4/c1-29-19-8-2-16(3-9-19)14-21-15-26-24(31-21)27-23(28)13-11-20-10-12-22(30-20)17-4-6-18(25)7-5-17/h2-10,12,15H,11,13-14H2,1H3,(H,26,27,28). The second-order valence-corrected chi connectivity index (χ2v) is 7.41. The molecule has 0 saturated heterocycles. The van der Waals surface area contributed by atoms with Crippen molar-refractivity contribution in [1.29, 1.82) is 0 Å². The van der Waals surface area contributed by atoms with E-state index in [-0.39, 0.29) is 18.3 Å². The average molecular weight is 437 g/mol. The first-order valence-corrected chi connectivity index (χ1v) is 10.2. The predicted octanol–water partition coefficient (Wildman–Crippen LogP) is 5.76. The van der Waals surface area contributed by atoms with Crippen LogP contribution in [0.2, 0.25) is 5.02 Å². The van der Waals surface area contributed by atoms with Crippen LogP contribution in [0.5, 0.6) is 5.75 Å². The summed E-state index contributed by atoms with van der Waals surface area (Å²) in [7, 11) is 1.63. The highest BCUT2D eigenvalue weighted by atomic mass is 35.5. The lowest BCUT2D eigenvalue weighted by Gasteiger charge is -2.02. The van der Waals surface area contributed by atoms with Gasteiger partial charge in [0.05, 0.1) is 13.3 Å². The molecule has 1 N–H and O–H groups in total. The third kappa shape index (κ3) is 5.55. The molecular weight excluding hydrogens is 416 g/mol. The summed E-state index contributed by atoms with van der Waals surface area (Å²) in [5.74, 6) is 2.74. The lowest BCUT2D eigenvalue weighted by atomic mass is 10.1. The van der Waals surface area contributed by atoms with Gasteiger partial charge in [-0.05, 0) is 54.1 Å². The highest BCUT2D eigenvalue weighted by molar-refractivity contribution is 6.30. The number of aromatic nitrogens is 1. The summed E-state index contributed by atoms with van der Waals surface area (Å²) < 4.78 is 16.6. The number of carbonyl (C=O) groups excluding carboxylic acids is 1. The number of carbonyl (C=O) groups is 1. The number of halogens is 1. The first-order chi connectivity index (χ1) is 15.1. The van der Waals surface area contributed by atoms with Crippen molar-refractivity contribution in [2.45, 2.75) is 19.3 Å². The number of benzene rings is 2. The Hall–Kier alpha value is -3.51. The van der Waals surface area contributed by atoms with Crippen LogP contribution >= 0.6 is 11.6 Å². The van der Waals surface area contributed by atoms with Crippen LogP contribution in [0.15, 0.2) is 75.7 Å². The van der Waals surface area contributed by atoms with Crippen LogP contribution < -0.4 is 10.1 Å². The molecule has 7 heteroatoms. The molecule has 158 valence electrons. The number of amides is 1. The summed E-state index contributed by atoms with van der Waals surface area (Å²) in [5.41, 5.74) is 1.99. The van der Waals surface area contributed by atoms with Crippen molar-refractivity contribution in [1.82, 2.24) is 4.98 Å². The van der Waals surface area contributed by atoms with Crippen LogP contribution in [0.4, 0.5) is 6.01 Å². The first-order valence-electron chi connectivity index (χ1n) is 9.81. The molecule has 0 aliphatic heterocycles. The molecule has 2 aromatic carbocycles. The molecule has 0 bridgehead atoms. The van der Waals surface area contributed by atoms with Gasteiger partial charge in [-0.15, -0.1) is 0 Å². The predicted molar refractivity (Wildman–Crippen MR) is 118 cm³/mol. The molecule has 2 aromatic heterocycles. The van der Waals surface area contributed by atoms with Crippen LogP contribution in [0.25, 0.3) is 11.3 Å². The van der Waals surface area contributed by atoms with E-state index in [9.17, 15) is 4.79 Å². The molecule has 0 unspecified atom stereocenters. The lowest BCUT2D eigenvalue weighted by molar-refractivity contribution is -0.116. The maximum absolute atomic E-state index is 12.3. The third-order valence-corrected chi connectivity index (χ3v) is 4.98. The molecule has 0 radical (unpaired) electrons. The highest BCUT2D eigenvalue weighted by Crippen LogP contribution is 2.24. The number of nitrogens with one attached hydrogen (secondary N) is 1. The Morgan fingerprint density at radius 2 is 1.77 bits per heavy atom. The van der Waals surface area contributed by atoms with Gasteiger partial charge in [0.25, 0.3) is 0 Å². The second-order valence-electron chi connectivity index (χ2n) is 6.98. The SMILES string of the molecule is COc1ccc(Cc2cnc(NC(=O)CCc3ccc(-c4ccc(Cl)cc4)o3)o2)cc1. The number of methoxy groups -OCH3 is 1. The van der Waals surface area contributed by atoms with E-state index >= 15 is 0 Å². The number of hydrogen-bond donors (Lipinski definition) is 1. The number of rotatable bonds is 8. The van der Waals surface area contributed by atoms with Crippen molar-refractivity contribution in [3.8, 4) is 17.1 Å². The average Bonchev–Trinajstić information content (AvgIpc) is 3.43. The zero-order valence-corrected chi connectivity index (χ0v) is 17.7. The molecule has 0 aliphatic carbocycles. The van der Waals surface area contributed by atoms with Crippen LogP contribution in [0, 0.1) is 0 Å². The molecule has 0 fully saturated rings. The Balaban J connectivity index is 1.28. The fraction of sp³-hybridized carbons (Fsp3) is 0.167. The van der Waals surface area contributed by atoms with Crippen molar-refractivity contribution in [3.63, 3.8) is 0 Å². The second kappa shape index (κ2) is 9.53. The zero-order chi connectivity index (χ0) is 21.6. The lowest BCUT2D eigenvalue weighted by Crippen LogP contribution is -2.12. The maximum atomic E-state index is 12.3. The van der Waals surface area contributed by atoms with E-state index in [0.717, 1.165) is 28.4 Å². The largest absolute Gasteiger partial charge is 0.497 e. The molecule has 0 saturated carbocycles. The fourth-order valence-electron chi connectivity index (χ4n) is 3.09. The van der Waals surface area contributed by atoms with Gasteiger partial charge < -0.3 is 13.6 Å². The third-order valence-electron chi connectivity index (χ3n) is 4.73. The Labute approximate surface area is 184 Å². The molecule has 2 heterocycles. The van der Waals surface area contributed by atoms with Gasteiger partial charge in [0.2, 0.25) is 5.91 Å². The molecule has 6 nitrogen and oxygen atoms in total. The van der Waals surface area contributed by atoms with E-state index in [1.165, 1.54) is 0 Å². The van der Waals surface area contributed by atoms with Gasteiger partial charge in [-0.25, -0.2) is 4.98 Å². The summed E-state index contributed by atoms with van der Waals surface area (Å²) in [4.78, 5) is 16.4. The van der Waals surface area contributed by atoms with E-state index in [1.807, 2.05) is 60.7 Å². The summed E-state index contributed by atoms with van der Waals surface area (Å²) in [6.07, 6.45) is 2.92. The quantitative estimate of drug-likeness (QED) is 0.380. The fourth-order valence-corrected chi connectivity index (χ4v) is 3.22. The van der Waals surface area contributed by atoms with Crippen molar-refractivity contribution in [3.05, 3.63) is 89.0 Å². The molecule has 4 aromatic rings. The number of oxazole rings is 1. The number of nitrogens with zero attached hydrogens (tertiary/aromatic N) is 1. The minimum Gasteiger partial charge on any atom is -0.497 e. The maximum Gasteiger partial charge on any atom is 0.301 e. The molecule has 1 amide bonds. The number of aryl methyl sites for hydroxylation is 1. The van der Waals surface area contributed by atoms with Crippen LogP contribution in [-0.2, 0) is 17.6 Å². The Morgan fingerprint density at radius 1 is 1.00 bits per heavy atom. The number of anilines is 1. The Kier molecular flexibility index (Phi) is 6.38. The summed E-state index contributed by atoms with van der Waals surface area (Å²) in [6, 6.07) is 19.1. The van der Waals surface area contributed by atoms with Crippen LogP contribution in [0.1, 0.15) is 23.5 Å². The number of ether oxygens (including phenoxy) is 1. The van der Waals surface area contributed by atoms with Crippen molar-refractivity contribution in [2.24, 2.45) is 0 Å². The molecule has 31 heavy (non-hydrogen) atoms. The Morgan fingerprint density at radius 3 is 2.52 bits per heavy atom. The van der Waals surface area contributed by atoms with E-state index < -0.39 is 0 Å². The minimum absolute atomic E-state index is 0.190. The van der Waals surface area contributed by atoms with Gasteiger partial charge in [-0.3, -0.25) is 10.1 Å². The zero-order valence-electron chi connectivity index (χ0n) is 16.9. The Bertz CT molecular complexity index is 1150. The van der Waals surface area contributed by atoms with Crippen molar-refractivity contribution >= 4 is 23.5 Å². The van der Waals surface area contributed by atoms with E-state index in [4.69, 9.17) is 25.2 Å². The van der Waals surface area contributed by atoms with Gasteiger partial charge in [0, 0.05) is 29.8 Å². The van der Waals surface area contributed by atoms with Crippen molar-refractivity contribution in [2.75, 3.05) is 12.4 Å². The highest BCUT2D eigenvalue weighted by Gasteiger charge is 2.11. The van der Waals surface area contributed by atoms with Gasteiger partial charge in [0.15, 0.2) is 0 Å². The number of furan rings is 1. The molecule has 4 rings (SSSR count). The van der Waals surface area contributed by atoms with Gasteiger partial charge >= 0.3 is 6.01 Å². The molecule has 0 spiro atoms. The van der Waals surface area contributed by atoms with Gasteiger partial charge in [-0.1, -0.05) is 23.7 Å². The van der Waals surface area contributed by atoms with Gasteiger partial charge in [-0.2, -0.15) is 0 Å². The van der Waals surface area contributed by atoms with Crippen LogP contribution in [0.3, 0.4) is 0 Å². The molecular formula is C24H21ClN2O4. The van der Waals surface area contributed by atoms with E-state index in [1.54, 1.807) is 13.3 Å². The monoisotopic (exact) mass is 436 g/mol. The summed E-state index contributed by atoms with van der Waals surface area (Å²) in [5, 5.41) is 3.36. The summed E-state index contributed by atoms with van der Waals surface area (Å²) in [6.45, 7) is 0. The summed E-state index contributed by atoms with van der Waals surface area (Å²) >= 11 is 5.92. The van der Waals surface area contributed by atoms with E-state index in [2.05, 4.69) is 10.3 Å². The van der Waals surface area contributed by atoms with Crippen LogP contribution in [-0.4, -0.2) is 18.0 Å². The smallest absolute Gasteiger partial charge is 0.301 e. The first kappa shape index (κ1) is 20.8. The minimum atomic E-state index is -0.192. The topological polar surface area (TPSA) is 77.5 Å². The van der Waals surface area contributed by atoms with Gasteiger partial charge in [0.1, 0.15) is 23.0 Å². The van der Waals surface area contributed by atoms with Crippen molar-refractivity contribution < 1.29 is 18.4 Å². The molecule has 0 aliphatic rings. The number of hydrogen-bond acceptors (Lipinski definition) is 5. The normalized spacial score (nSPS) is 10.8. The van der Waals surface area contributed by atoms with E-state index in [0.29, 0.717) is 23.6 Å².